The zero-order chi connectivity index (χ0) is 14.1. The summed E-state index contributed by atoms with van der Waals surface area (Å²) in [4.78, 5) is 10.8. The molecule has 0 unspecified atom stereocenters. The molecule has 6 heteroatoms. The number of hydrogen-bond donors (Lipinski definition) is 0. The van der Waals surface area contributed by atoms with Crippen LogP contribution < -0.4 is 0 Å². The van der Waals surface area contributed by atoms with Gasteiger partial charge in [-0.2, -0.15) is 13.2 Å². The average molecular weight is 280 g/mol. The first-order chi connectivity index (χ1) is 8.83. The molecule has 0 aromatic heterocycles. The lowest BCUT2D eigenvalue weighted by atomic mass is 9.82. The van der Waals surface area contributed by atoms with Crippen molar-refractivity contribution in [3.63, 3.8) is 0 Å². The summed E-state index contributed by atoms with van der Waals surface area (Å²) in [5.41, 5.74) is 0. The first-order valence-electron chi connectivity index (χ1n) is 6.91. The van der Waals surface area contributed by atoms with Crippen molar-refractivity contribution in [1.82, 2.24) is 0 Å². The number of esters is 1. The van der Waals surface area contributed by atoms with Gasteiger partial charge in [0.15, 0.2) is 0 Å². The molecule has 0 spiro atoms. The minimum absolute atomic E-state index is 0.0744. The quantitative estimate of drug-likeness (QED) is 0.574. The Labute approximate surface area is 111 Å². The van der Waals surface area contributed by atoms with E-state index in [4.69, 9.17) is 0 Å². The van der Waals surface area contributed by atoms with Gasteiger partial charge >= 0.3 is 12.1 Å². The van der Waals surface area contributed by atoms with Gasteiger partial charge in [-0.25, -0.2) is 4.79 Å². The molecule has 2 saturated heterocycles. The molecule has 0 aromatic rings. The van der Waals surface area contributed by atoms with Gasteiger partial charge in [-0.05, 0) is 25.7 Å². The highest BCUT2D eigenvalue weighted by molar-refractivity contribution is 5.75. The van der Waals surface area contributed by atoms with Crippen molar-refractivity contribution in [3.05, 3.63) is 0 Å². The van der Waals surface area contributed by atoms with Crippen LogP contribution in [0.5, 0.6) is 0 Å². The summed E-state index contributed by atoms with van der Waals surface area (Å²) in [6.45, 7) is 2.10. The number of piperidine rings is 2. The summed E-state index contributed by atoms with van der Waals surface area (Å²) < 4.78 is 41.8. The average Bonchev–Trinajstić information content (AvgIpc) is 2.33. The Hall–Kier alpha value is -0.780. The Morgan fingerprint density at radius 1 is 1.21 bits per heavy atom. The standard InChI is InChI=1S/C13H21F3NO2/c1-17-7-3-2-6-11(17)10(5-4-8-17)9-19-12(18)13(14,15)16/h10-11H,2-9H2,1H3/q+1/t10-,11-,17+/m0/s1. The van der Waals surface area contributed by atoms with Crippen LogP contribution in [0.2, 0.25) is 0 Å². The van der Waals surface area contributed by atoms with E-state index in [1.165, 1.54) is 6.42 Å². The maximum absolute atomic E-state index is 12.1. The van der Waals surface area contributed by atoms with Gasteiger partial charge in [0.25, 0.3) is 0 Å². The van der Waals surface area contributed by atoms with Gasteiger partial charge in [0.2, 0.25) is 0 Å². The summed E-state index contributed by atoms with van der Waals surface area (Å²) in [5.74, 6) is -1.98. The third kappa shape index (κ3) is 3.22. The normalized spacial score (nSPS) is 35.6. The highest BCUT2D eigenvalue weighted by Crippen LogP contribution is 2.36. The fourth-order valence-corrected chi connectivity index (χ4v) is 3.69. The van der Waals surface area contributed by atoms with E-state index in [2.05, 4.69) is 11.8 Å². The zero-order valence-corrected chi connectivity index (χ0v) is 11.2. The number of ether oxygens (including phenoxy) is 1. The molecule has 0 saturated carbocycles. The summed E-state index contributed by atoms with van der Waals surface area (Å²) in [7, 11) is 2.18. The van der Waals surface area contributed by atoms with Gasteiger partial charge in [0, 0.05) is 12.3 Å². The van der Waals surface area contributed by atoms with Crippen LogP contribution in [0.3, 0.4) is 0 Å². The summed E-state index contributed by atoms with van der Waals surface area (Å²) in [6, 6.07) is 0.350. The summed E-state index contributed by atoms with van der Waals surface area (Å²) >= 11 is 0. The van der Waals surface area contributed by atoms with Crippen LogP contribution in [0.1, 0.15) is 32.1 Å². The van der Waals surface area contributed by atoms with Crippen LogP contribution in [-0.4, -0.2) is 49.4 Å². The number of carbonyl (C=O) groups is 1. The molecular weight excluding hydrogens is 259 g/mol. The Morgan fingerprint density at radius 3 is 2.58 bits per heavy atom. The lowest BCUT2D eigenvalue weighted by molar-refractivity contribution is -0.947. The molecule has 2 rings (SSSR count). The van der Waals surface area contributed by atoms with Crippen LogP contribution in [0, 0.1) is 5.92 Å². The smallest absolute Gasteiger partial charge is 0.458 e. The van der Waals surface area contributed by atoms with Crippen LogP contribution in [0.4, 0.5) is 13.2 Å². The van der Waals surface area contributed by atoms with Crippen molar-refractivity contribution >= 4 is 5.97 Å². The van der Waals surface area contributed by atoms with Gasteiger partial charge in [-0.3, -0.25) is 0 Å². The second-order valence-electron chi connectivity index (χ2n) is 5.99. The van der Waals surface area contributed by atoms with E-state index < -0.39 is 12.1 Å². The predicted molar refractivity (Wildman–Crippen MR) is 63.3 cm³/mol. The van der Waals surface area contributed by atoms with Crippen molar-refractivity contribution in [3.8, 4) is 0 Å². The monoisotopic (exact) mass is 280 g/mol. The maximum atomic E-state index is 12.1. The van der Waals surface area contributed by atoms with Crippen LogP contribution in [0.15, 0.2) is 0 Å². The highest BCUT2D eigenvalue weighted by atomic mass is 19.4. The van der Waals surface area contributed by atoms with Crippen LogP contribution in [0.25, 0.3) is 0 Å². The highest BCUT2D eigenvalue weighted by Gasteiger charge is 2.46. The van der Waals surface area contributed by atoms with Crippen molar-refractivity contribution in [2.24, 2.45) is 5.92 Å². The molecule has 110 valence electrons. The predicted octanol–water partition coefficient (Wildman–Crippen LogP) is 2.50. The number of carbonyl (C=O) groups excluding carboxylic acids is 1. The van der Waals surface area contributed by atoms with Gasteiger partial charge in [0.05, 0.1) is 26.2 Å². The second-order valence-corrected chi connectivity index (χ2v) is 5.99. The lowest BCUT2D eigenvalue weighted by Crippen LogP contribution is -2.61. The van der Waals surface area contributed by atoms with Crippen LogP contribution >= 0.6 is 0 Å². The van der Waals surface area contributed by atoms with E-state index in [1.807, 2.05) is 0 Å². The number of fused-ring (bicyclic) bond motifs is 1. The molecule has 2 aliphatic rings. The minimum Gasteiger partial charge on any atom is -0.458 e. The minimum atomic E-state index is -4.88. The Morgan fingerprint density at radius 2 is 1.89 bits per heavy atom. The maximum Gasteiger partial charge on any atom is 0.490 e. The van der Waals surface area contributed by atoms with Gasteiger partial charge < -0.3 is 9.22 Å². The lowest BCUT2D eigenvalue weighted by Gasteiger charge is -2.51. The first-order valence-corrected chi connectivity index (χ1v) is 6.91. The molecule has 2 heterocycles. The number of rotatable bonds is 2. The van der Waals surface area contributed by atoms with Crippen molar-refractivity contribution in [2.45, 2.75) is 44.3 Å². The Bertz CT molecular complexity index is 341. The molecule has 3 atom stereocenters. The second kappa shape index (κ2) is 5.31. The number of halogens is 3. The molecule has 0 N–H and O–H groups in total. The number of quaternary nitrogens is 1. The molecule has 0 aliphatic carbocycles. The third-order valence-electron chi connectivity index (χ3n) is 4.67. The van der Waals surface area contributed by atoms with Crippen molar-refractivity contribution < 1.29 is 27.2 Å². The van der Waals surface area contributed by atoms with Gasteiger partial charge in [-0.15, -0.1) is 0 Å². The molecular formula is C13H21F3NO2+. The zero-order valence-electron chi connectivity index (χ0n) is 11.2. The molecule has 0 radical (unpaired) electrons. The van der Waals surface area contributed by atoms with E-state index in [0.29, 0.717) is 6.04 Å². The van der Waals surface area contributed by atoms with Crippen LogP contribution in [-0.2, 0) is 9.53 Å². The number of nitrogens with zero attached hydrogens (tertiary/aromatic N) is 1. The summed E-state index contributed by atoms with van der Waals surface area (Å²) in [5, 5.41) is 0. The molecule has 2 fully saturated rings. The SMILES string of the molecule is C[N@+]12CCCC[C@H]1[C@H](COC(=O)C(F)(F)F)CCC2. The van der Waals surface area contributed by atoms with E-state index in [-0.39, 0.29) is 12.5 Å². The molecule has 3 nitrogen and oxygen atoms in total. The summed E-state index contributed by atoms with van der Waals surface area (Å²) in [6.07, 6.45) is 0.333. The Balaban J connectivity index is 1.94. The van der Waals surface area contributed by atoms with Crippen molar-refractivity contribution in [1.29, 1.82) is 0 Å². The van der Waals surface area contributed by atoms with Crippen molar-refractivity contribution in [2.75, 3.05) is 26.7 Å². The van der Waals surface area contributed by atoms with E-state index in [1.54, 1.807) is 0 Å². The fourth-order valence-electron chi connectivity index (χ4n) is 3.69. The third-order valence-corrected chi connectivity index (χ3v) is 4.67. The largest absolute Gasteiger partial charge is 0.490 e. The topological polar surface area (TPSA) is 26.3 Å². The van der Waals surface area contributed by atoms with E-state index in [0.717, 1.165) is 43.3 Å². The molecule has 0 bridgehead atoms. The van der Waals surface area contributed by atoms with E-state index in [9.17, 15) is 18.0 Å². The number of alkyl halides is 3. The Kier molecular flexibility index (Phi) is 4.08. The van der Waals surface area contributed by atoms with Gasteiger partial charge in [0.1, 0.15) is 6.61 Å². The molecule has 0 aromatic carbocycles. The fraction of sp³-hybridized carbons (Fsp3) is 0.923. The first kappa shape index (κ1) is 14.6. The molecule has 0 amide bonds. The number of hydrogen-bond acceptors (Lipinski definition) is 2. The van der Waals surface area contributed by atoms with Gasteiger partial charge in [-0.1, -0.05) is 0 Å². The molecule has 2 aliphatic heterocycles. The molecule has 19 heavy (non-hydrogen) atoms. The van der Waals surface area contributed by atoms with E-state index >= 15 is 0 Å².